The molecular formula is C26H18N2O. The second kappa shape index (κ2) is 7.21. The third-order valence-electron chi connectivity index (χ3n) is 5.05. The summed E-state index contributed by atoms with van der Waals surface area (Å²) in [6.45, 7) is 0. The number of nitrogens with one attached hydrogen (secondary N) is 1. The van der Waals surface area contributed by atoms with Crippen LogP contribution < -0.4 is 0 Å². The molecule has 0 bridgehead atoms. The minimum atomic E-state index is 0.0101. The number of carbonyl (C=O) groups is 1. The van der Waals surface area contributed by atoms with Gasteiger partial charge in [-0.1, -0.05) is 84.9 Å². The third-order valence-corrected chi connectivity index (χ3v) is 5.05. The molecule has 4 aromatic carbocycles. The number of hydrogen-bond acceptors (Lipinski definition) is 2. The van der Waals surface area contributed by atoms with Crippen molar-refractivity contribution in [2.24, 2.45) is 0 Å². The topological polar surface area (TPSA) is 45.8 Å². The maximum Gasteiger partial charge on any atom is 0.193 e. The Morgan fingerprint density at radius 2 is 1.24 bits per heavy atom. The first-order valence-corrected chi connectivity index (χ1v) is 9.53. The van der Waals surface area contributed by atoms with E-state index in [9.17, 15) is 4.79 Å². The van der Waals surface area contributed by atoms with Crippen molar-refractivity contribution in [3.05, 3.63) is 114 Å². The monoisotopic (exact) mass is 374 g/mol. The number of aromatic nitrogens is 2. The Hall–Kier alpha value is -3.98. The largest absolute Gasteiger partial charge is 0.338 e. The van der Waals surface area contributed by atoms with E-state index in [1.807, 2.05) is 66.7 Å². The lowest BCUT2D eigenvalue weighted by atomic mass is 10.0. The molecule has 0 radical (unpaired) electrons. The highest BCUT2D eigenvalue weighted by atomic mass is 16.1. The summed E-state index contributed by atoms with van der Waals surface area (Å²) in [5, 5.41) is 0. The molecular weight excluding hydrogens is 356 g/mol. The van der Waals surface area contributed by atoms with Crippen LogP contribution in [0.5, 0.6) is 0 Å². The van der Waals surface area contributed by atoms with Crippen LogP contribution >= 0.6 is 0 Å². The fourth-order valence-corrected chi connectivity index (χ4v) is 3.49. The predicted molar refractivity (Wildman–Crippen MR) is 117 cm³/mol. The minimum absolute atomic E-state index is 0.0101. The number of fused-ring (bicyclic) bond motifs is 1. The van der Waals surface area contributed by atoms with Crippen molar-refractivity contribution >= 4 is 16.8 Å². The zero-order valence-corrected chi connectivity index (χ0v) is 15.7. The van der Waals surface area contributed by atoms with Crippen LogP contribution in [0.3, 0.4) is 0 Å². The van der Waals surface area contributed by atoms with E-state index in [0.29, 0.717) is 11.1 Å². The normalized spacial score (nSPS) is 10.9. The molecule has 0 aliphatic rings. The molecule has 5 rings (SSSR count). The van der Waals surface area contributed by atoms with E-state index in [1.54, 1.807) is 0 Å². The Bertz CT molecular complexity index is 1290. The molecule has 0 saturated carbocycles. The number of H-pyrrole nitrogens is 1. The van der Waals surface area contributed by atoms with Gasteiger partial charge in [0, 0.05) is 16.7 Å². The van der Waals surface area contributed by atoms with Crippen LogP contribution in [-0.4, -0.2) is 15.8 Å². The maximum atomic E-state index is 12.7. The SMILES string of the molecule is O=C(c1ccccc1)c1ccc2nc(-c3ccc(-c4ccccc4)cc3)[nH]c2c1. The summed E-state index contributed by atoms with van der Waals surface area (Å²) < 4.78 is 0. The van der Waals surface area contributed by atoms with Crippen LogP contribution in [0, 0.1) is 0 Å². The quantitative estimate of drug-likeness (QED) is 0.385. The van der Waals surface area contributed by atoms with Crippen LogP contribution in [-0.2, 0) is 0 Å². The summed E-state index contributed by atoms with van der Waals surface area (Å²) in [4.78, 5) is 20.8. The molecule has 3 nitrogen and oxygen atoms in total. The zero-order chi connectivity index (χ0) is 19.6. The van der Waals surface area contributed by atoms with Gasteiger partial charge in [-0.05, 0) is 29.3 Å². The van der Waals surface area contributed by atoms with Gasteiger partial charge in [-0.25, -0.2) is 4.98 Å². The molecule has 1 N–H and O–H groups in total. The number of hydrogen-bond donors (Lipinski definition) is 1. The van der Waals surface area contributed by atoms with Gasteiger partial charge < -0.3 is 4.98 Å². The molecule has 0 aliphatic heterocycles. The van der Waals surface area contributed by atoms with E-state index in [4.69, 9.17) is 4.98 Å². The first-order valence-electron chi connectivity index (χ1n) is 9.53. The van der Waals surface area contributed by atoms with Gasteiger partial charge in [0.25, 0.3) is 0 Å². The molecule has 0 spiro atoms. The van der Waals surface area contributed by atoms with Gasteiger partial charge >= 0.3 is 0 Å². The van der Waals surface area contributed by atoms with E-state index < -0.39 is 0 Å². The highest BCUT2D eigenvalue weighted by Gasteiger charge is 2.12. The summed E-state index contributed by atoms with van der Waals surface area (Å²) in [6.07, 6.45) is 0. The van der Waals surface area contributed by atoms with Crippen LogP contribution in [0.2, 0.25) is 0 Å². The van der Waals surface area contributed by atoms with E-state index in [-0.39, 0.29) is 5.78 Å². The Labute approximate surface area is 168 Å². The van der Waals surface area contributed by atoms with E-state index >= 15 is 0 Å². The second-order valence-corrected chi connectivity index (χ2v) is 6.96. The van der Waals surface area contributed by atoms with Crippen molar-refractivity contribution < 1.29 is 4.79 Å². The Kier molecular flexibility index (Phi) is 4.26. The van der Waals surface area contributed by atoms with Gasteiger partial charge in [-0.2, -0.15) is 0 Å². The summed E-state index contributed by atoms with van der Waals surface area (Å²) in [5.41, 5.74) is 6.40. The second-order valence-electron chi connectivity index (χ2n) is 6.96. The number of ketones is 1. The molecule has 1 aromatic heterocycles. The van der Waals surface area contributed by atoms with Gasteiger partial charge in [0.15, 0.2) is 5.78 Å². The van der Waals surface area contributed by atoms with Gasteiger partial charge in [0.1, 0.15) is 5.82 Å². The number of benzene rings is 4. The molecule has 1 heterocycles. The average molecular weight is 374 g/mol. The summed E-state index contributed by atoms with van der Waals surface area (Å²) in [7, 11) is 0. The van der Waals surface area contributed by atoms with E-state index in [0.717, 1.165) is 22.4 Å². The highest BCUT2D eigenvalue weighted by Crippen LogP contribution is 2.25. The van der Waals surface area contributed by atoms with Gasteiger partial charge in [0.05, 0.1) is 11.0 Å². The van der Waals surface area contributed by atoms with Crippen LogP contribution in [0.4, 0.5) is 0 Å². The molecule has 3 heteroatoms. The Morgan fingerprint density at radius 1 is 0.621 bits per heavy atom. The van der Waals surface area contributed by atoms with Crippen molar-refractivity contribution in [3.63, 3.8) is 0 Å². The first kappa shape index (κ1) is 17.1. The highest BCUT2D eigenvalue weighted by molar-refractivity contribution is 6.10. The van der Waals surface area contributed by atoms with Crippen molar-refractivity contribution in [1.29, 1.82) is 0 Å². The fourth-order valence-electron chi connectivity index (χ4n) is 3.49. The van der Waals surface area contributed by atoms with E-state index in [2.05, 4.69) is 41.4 Å². The number of carbonyl (C=O) groups excluding carboxylic acids is 1. The Balaban J connectivity index is 1.46. The van der Waals surface area contributed by atoms with Crippen molar-refractivity contribution in [2.75, 3.05) is 0 Å². The standard InChI is InChI=1S/C26H18N2O/c29-25(20-9-5-2-6-10-20)22-15-16-23-24(17-22)28-26(27-23)21-13-11-19(12-14-21)18-7-3-1-4-8-18/h1-17H,(H,27,28). The summed E-state index contributed by atoms with van der Waals surface area (Å²) >= 11 is 0. The summed E-state index contributed by atoms with van der Waals surface area (Å²) in [5.74, 6) is 0.805. The van der Waals surface area contributed by atoms with Gasteiger partial charge in [-0.15, -0.1) is 0 Å². The third kappa shape index (κ3) is 3.34. The molecule has 0 aliphatic carbocycles. The van der Waals surface area contributed by atoms with Crippen LogP contribution in [0.1, 0.15) is 15.9 Å². The maximum absolute atomic E-state index is 12.7. The smallest absolute Gasteiger partial charge is 0.193 e. The number of rotatable bonds is 4. The fraction of sp³-hybridized carbons (Fsp3) is 0. The molecule has 0 fully saturated rings. The molecule has 0 unspecified atom stereocenters. The lowest BCUT2D eigenvalue weighted by Crippen LogP contribution is -2.00. The summed E-state index contributed by atoms with van der Waals surface area (Å²) in [6, 6.07) is 33.5. The van der Waals surface area contributed by atoms with Crippen molar-refractivity contribution in [2.45, 2.75) is 0 Å². The lowest BCUT2D eigenvalue weighted by Gasteiger charge is -2.02. The van der Waals surface area contributed by atoms with Crippen molar-refractivity contribution in [1.82, 2.24) is 9.97 Å². The zero-order valence-electron chi connectivity index (χ0n) is 15.7. The van der Waals surface area contributed by atoms with Gasteiger partial charge in [-0.3, -0.25) is 4.79 Å². The number of aromatic amines is 1. The lowest BCUT2D eigenvalue weighted by molar-refractivity contribution is 0.103. The predicted octanol–water partition coefficient (Wildman–Crippen LogP) is 6.13. The molecule has 0 amide bonds. The molecule has 5 aromatic rings. The molecule has 138 valence electrons. The first-order chi connectivity index (χ1) is 14.3. The Morgan fingerprint density at radius 3 is 1.97 bits per heavy atom. The number of imidazole rings is 1. The van der Waals surface area contributed by atoms with Gasteiger partial charge in [0.2, 0.25) is 0 Å². The van der Waals surface area contributed by atoms with Crippen LogP contribution in [0.25, 0.3) is 33.5 Å². The number of nitrogens with zero attached hydrogens (tertiary/aromatic N) is 1. The van der Waals surface area contributed by atoms with Crippen LogP contribution in [0.15, 0.2) is 103 Å². The van der Waals surface area contributed by atoms with E-state index in [1.165, 1.54) is 11.1 Å². The molecule has 29 heavy (non-hydrogen) atoms. The minimum Gasteiger partial charge on any atom is -0.338 e. The average Bonchev–Trinajstić information content (AvgIpc) is 3.23. The van der Waals surface area contributed by atoms with Crippen molar-refractivity contribution in [3.8, 4) is 22.5 Å². The molecule has 0 atom stereocenters. The molecule has 0 saturated heterocycles.